The van der Waals surface area contributed by atoms with E-state index in [4.69, 9.17) is 9.15 Å². The number of ether oxygens (including phenoxy) is 1. The number of rotatable bonds is 5. The van der Waals surface area contributed by atoms with Gasteiger partial charge in [-0.05, 0) is 31.5 Å². The lowest BCUT2D eigenvalue weighted by molar-refractivity contribution is -0.933. The maximum atomic E-state index is 12.7. The molecule has 1 fully saturated rings. The molecule has 7 heteroatoms. The quantitative estimate of drug-likeness (QED) is 0.690. The van der Waals surface area contributed by atoms with Crippen LogP contribution in [0, 0.1) is 13.8 Å². The molecule has 4 heterocycles. The second-order valence-electron chi connectivity index (χ2n) is 6.99. The molecule has 1 aliphatic rings. The number of aryl methyl sites for hydroxylation is 1. The van der Waals surface area contributed by atoms with Crippen LogP contribution < -0.4 is 15.2 Å². The summed E-state index contributed by atoms with van der Waals surface area (Å²) >= 11 is 1.63. The largest absolute Gasteiger partial charge is 0.459 e. The summed E-state index contributed by atoms with van der Waals surface area (Å²) in [5.41, 5.74) is 3.65. The summed E-state index contributed by atoms with van der Waals surface area (Å²) in [6.45, 7) is 7.62. The minimum atomic E-state index is -0.218. The van der Waals surface area contributed by atoms with E-state index in [0.29, 0.717) is 5.76 Å². The molecule has 1 atom stereocenters. The molecule has 1 unspecified atom stereocenters. The van der Waals surface area contributed by atoms with Gasteiger partial charge in [-0.15, -0.1) is 11.3 Å². The number of hydrogen-bond donors (Lipinski definition) is 2. The standard InChI is InChI=1S/C21H23N3O3S/c1-14-15(2)28-21(23-20(25)17-4-3-11-27-17)18(14)19(16-5-7-22-8-6-16)24-9-12-26-13-10-24/h3-8,11,19H,9-10,12-13H2,1-2H3,(H,23,25)/p+2. The van der Waals surface area contributed by atoms with Crippen molar-refractivity contribution < 1.29 is 23.8 Å². The lowest BCUT2D eigenvalue weighted by Crippen LogP contribution is -3.14. The third kappa shape index (κ3) is 3.73. The fourth-order valence-electron chi connectivity index (χ4n) is 3.78. The first-order chi connectivity index (χ1) is 13.6. The van der Waals surface area contributed by atoms with Crippen molar-refractivity contribution >= 4 is 22.2 Å². The first-order valence-electron chi connectivity index (χ1n) is 9.48. The molecule has 4 rings (SSSR count). The predicted octanol–water partition coefficient (Wildman–Crippen LogP) is 2.03. The van der Waals surface area contributed by atoms with Crippen LogP contribution in [-0.2, 0) is 4.74 Å². The highest BCUT2D eigenvalue weighted by molar-refractivity contribution is 7.16. The number of aromatic amines is 1. The number of furan rings is 1. The number of carbonyl (C=O) groups is 1. The van der Waals surface area contributed by atoms with Gasteiger partial charge in [-0.25, -0.2) is 4.98 Å². The monoisotopic (exact) mass is 399 g/mol. The number of aromatic nitrogens is 1. The van der Waals surface area contributed by atoms with Crippen molar-refractivity contribution in [3.8, 4) is 0 Å². The van der Waals surface area contributed by atoms with Gasteiger partial charge in [0.25, 0.3) is 5.91 Å². The minimum absolute atomic E-state index is 0.135. The van der Waals surface area contributed by atoms with Crippen LogP contribution in [0.4, 0.5) is 5.00 Å². The van der Waals surface area contributed by atoms with Crippen LogP contribution in [0.15, 0.2) is 47.3 Å². The van der Waals surface area contributed by atoms with Gasteiger partial charge >= 0.3 is 0 Å². The maximum Gasteiger partial charge on any atom is 0.291 e. The molecule has 28 heavy (non-hydrogen) atoms. The lowest BCUT2D eigenvalue weighted by Gasteiger charge is -2.32. The zero-order valence-corrected chi connectivity index (χ0v) is 16.9. The molecule has 0 aromatic carbocycles. The number of carbonyl (C=O) groups excluding carboxylic acids is 1. The van der Waals surface area contributed by atoms with Gasteiger partial charge in [0.05, 0.1) is 25.0 Å². The third-order valence-electron chi connectivity index (χ3n) is 5.31. The summed E-state index contributed by atoms with van der Waals surface area (Å²) in [5.74, 6) is 0.101. The van der Waals surface area contributed by atoms with Gasteiger partial charge in [-0.2, -0.15) is 0 Å². The van der Waals surface area contributed by atoms with Gasteiger partial charge in [0, 0.05) is 22.6 Å². The Balaban J connectivity index is 1.76. The number of anilines is 1. The summed E-state index contributed by atoms with van der Waals surface area (Å²) in [5, 5.41) is 3.99. The first-order valence-corrected chi connectivity index (χ1v) is 10.3. The molecule has 146 valence electrons. The molecule has 0 radical (unpaired) electrons. The molecular weight excluding hydrogens is 374 g/mol. The SMILES string of the molecule is Cc1sc(NC(=O)c2ccco2)c(C(c2cc[nH+]cc2)[NH+]2CCOCC2)c1C. The number of hydrogen-bond acceptors (Lipinski definition) is 4. The number of morpholine rings is 1. The molecule has 0 bridgehead atoms. The summed E-state index contributed by atoms with van der Waals surface area (Å²) in [6, 6.07) is 7.78. The van der Waals surface area contributed by atoms with Gasteiger partial charge in [-0.3, -0.25) is 4.79 Å². The van der Waals surface area contributed by atoms with Crippen molar-refractivity contribution in [2.24, 2.45) is 0 Å². The summed E-state index contributed by atoms with van der Waals surface area (Å²) < 4.78 is 10.9. The second-order valence-corrected chi connectivity index (χ2v) is 8.22. The lowest BCUT2D eigenvalue weighted by atomic mass is 9.95. The number of amides is 1. The Hall–Kier alpha value is -2.48. The topological polar surface area (TPSA) is 70.0 Å². The first kappa shape index (κ1) is 18.9. The van der Waals surface area contributed by atoms with E-state index in [9.17, 15) is 4.79 Å². The van der Waals surface area contributed by atoms with Crippen molar-refractivity contribution in [3.05, 3.63) is 70.3 Å². The highest BCUT2D eigenvalue weighted by atomic mass is 32.1. The molecule has 3 aromatic rings. The fraction of sp³-hybridized carbons (Fsp3) is 0.333. The van der Waals surface area contributed by atoms with E-state index in [2.05, 4.69) is 36.3 Å². The van der Waals surface area contributed by atoms with Crippen LogP contribution in [0.2, 0.25) is 0 Å². The number of H-pyrrole nitrogens is 1. The average Bonchev–Trinajstić information content (AvgIpc) is 3.35. The molecule has 3 aromatic heterocycles. The normalized spacial score (nSPS) is 16.1. The van der Waals surface area contributed by atoms with E-state index in [1.807, 2.05) is 12.4 Å². The van der Waals surface area contributed by atoms with Crippen molar-refractivity contribution in [1.82, 2.24) is 0 Å². The Labute approximate surface area is 168 Å². The van der Waals surface area contributed by atoms with Crippen molar-refractivity contribution in [2.45, 2.75) is 19.9 Å². The summed E-state index contributed by atoms with van der Waals surface area (Å²) in [4.78, 5) is 18.4. The number of thiophene rings is 1. The molecule has 3 N–H and O–H groups in total. The van der Waals surface area contributed by atoms with E-state index in [1.54, 1.807) is 23.5 Å². The average molecular weight is 400 g/mol. The van der Waals surface area contributed by atoms with Crippen molar-refractivity contribution in [2.75, 3.05) is 31.6 Å². The van der Waals surface area contributed by atoms with E-state index in [0.717, 1.165) is 31.3 Å². The number of pyridine rings is 1. The number of nitrogens with one attached hydrogen (secondary N) is 3. The van der Waals surface area contributed by atoms with Gasteiger partial charge in [0.2, 0.25) is 0 Å². The zero-order chi connectivity index (χ0) is 19.5. The third-order valence-corrected chi connectivity index (χ3v) is 6.45. The Morgan fingerprint density at radius 1 is 1.21 bits per heavy atom. The van der Waals surface area contributed by atoms with Crippen LogP contribution in [0.25, 0.3) is 0 Å². The second kappa shape index (κ2) is 8.26. The van der Waals surface area contributed by atoms with E-state index in [-0.39, 0.29) is 11.9 Å². The highest BCUT2D eigenvalue weighted by Gasteiger charge is 2.34. The van der Waals surface area contributed by atoms with E-state index in [1.165, 1.54) is 32.7 Å². The Kier molecular flexibility index (Phi) is 5.57. The van der Waals surface area contributed by atoms with Crippen LogP contribution in [0.3, 0.4) is 0 Å². The van der Waals surface area contributed by atoms with Crippen LogP contribution in [0.5, 0.6) is 0 Å². The van der Waals surface area contributed by atoms with Crippen molar-refractivity contribution in [1.29, 1.82) is 0 Å². The molecule has 1 amide bonds. The maximum absolute atomic E-state index is 12.7. The Morgan fingerprint density at radius 2 is 1.96 bits per heavy atom. The molecule has 1 aliphatic heterocycles. The van der Waals surface area contributed by atoms with E-state index < -0.39 is 0 Å². The van der Waals surface area contributed by atoms with E-state index >= 15 is 0 Å². The predicted molar refractivity (Wildman–Crippen MR) is 107 cm³/mol. The van der Waals surface area contributed by atoms with Crippen LogP contribution in [0.1, 0.15) is 38.2 Å². The van der Waals surface area contributed by atoms with Gasteiger partial charge in [0.1, 0.15) is 24.1 Å². The molecule has 6 nitrogen and oxygen atoms in total. The van der Waals surface area contributed by atoms with Crippen LogP contribution in [-0.4, -0.2) is 32.2 Å². The molecule has 0 spiro atoms. The molecule has 0 saturated carbocycles. The van der Waals surface area contributed by atoms with Gasteiger partial charge in [0.15, 0.2) is 18.2 Å². The zero-order valence-electron chi connectivity index (χ0n) is 16.1. The van der Waals surface area contributed by atoms with Crippen LogP contribution >= 0.6 is 11.3 Å². The van der Waals surface area contributed by atoms with Gasteiger partial charge in [-0.1, -0.05) is 0 Å². The summed E-state index contributed by atoms with van der Waals surface area (Å²) in [6.07, 6.45) is 5.43. The smallest absolute Gasteiger partial charge is 0.291 e. The fourth-order valence-corrected chi connectivity index (χ4v) is 4.87. The molecular formula is C21H25N3O3S+2. The molecule has 0 aliphatic carbocycles. The van der Waals surface area contributed by atoms with Crippen molar-refractivity contribution in [3.63, 3.8) is 0 Å². The Morgan fingerprint density at radius 3 is 2.64 bits per heavy atom. The van der Waals surface area contributed by atoms with Gasteiger partial charge < -0.3 is 19.4 Å². The molecule has 1 saturated heterocycles. The minimum Gasteiger partial charge on any atom is -0.459 e. The number of quaternary nitrogens is 1. The summed E-state index contributed by atoms with van der Waals surface area (Å²) in [7, 11) is 0. The Bertz CT molecular complexity index is 931. The highest BCUT2D eigenvalue weighted by Crippen LogP contribution is 2.38.